The summed E-state index contributed by atoms with van der Waals surface area (Å²) in [4.78, 5) is 4.37. The first-order chi connectivity index (χ1) is 13.9. The molecule has 0 bridgehead atoms. The summed E-state index contributed by atoms with van der Waals surface area (Å²) >= 11 is 0. The van der Waals surface area contributed by atoms with Crippen molar-refractivity contribution in [3.8, 4) is 11.5 Å². The predicted molar refractivity (Wildman–Crippen MR) is 118 cm³/mol. The molecule has 0 unspecified atom stereocenters. The van der Waals surface area contributed by atoms with Crippen LogP contribution in [0.15, 0.2) is 83.8 Å². The van der Waals surface area contributed by atoms with Crippen molar-refractivity contribution in [2.75, 3.05) is 7.11 Å². The molecule has 4 N–H and O–H groups in total. The molecule has 0 aliphatic rings. The number of hydrogen-bond acceptors (Lipinski definition) is 6. The molecule has 0 heterocycles. The number of benzene rings is 3. The summed E-state index contributed by atoms with van der Waals surface area (Å²) in [7, 11) is -2.35. The van der Waals surface area contributed by atoms with Crippen LogP contribution in [0.1, 0.15) is 11.1 Å². The third-order valence-corrected chi connectivity index (χ3v) is 4.74. The number of rotatable bonds is 7. The summed E-state index contributed by atoms with van der Waals surface area (Å²) in [5.41, 5.74) is 2.02. The lowest BCUT2D eigenvalue weighted by Gasteiger charge is -2.11. The van der Waals surface area contributed by atoms with Crippen LogP contribution in [0, 0.1) is 0 Å². The van der Waals surface area contributed by atoms with Crippen LogP contribution in [-0.4, -0.2) is 15.5 Å². The fourth-order valence-corrected chi connectivity index (χ4v) is 3.02. The topological polar surface area (TPSA) is 114 Å². The third-order valence-electron chi connectivity index (χ3n) is 3.79. The molecule has 0 saturated heterocycles. The molecule has 0 amide bonds. The first kappa shape index (κ1) is 25.4. The predicted octanol–water partition coefficient (Wildman–Crippen LogP) is 3.42. The Bertz CT molecular complexity index is 987. The van der Waals surface area contributed by atoms with Gasteiger partial charge in [0.2, 0.25) is 10.0 Å². The smallest absolute Gasteiger partial charge is 0.241 e. The highest BCUT2D eigenvalue weighted by molar-refractivity contribution is 7.89. The van der Waals surface area contributed by atoms with E-state index >= 15 is 0 Å². The van der Waals surface area contributed by atoms with Crippen LogP contribution < -0.4 is 20.5 Å². The van der Waals surface area contributed by atoms with Gasteiger partial charge < -0.3 is 9.47 Å². The molecule has 3 aromatic carbocycles. The lowest BCUT2D eigenvalue weighted by atomic mass is 10.2. The maximum atomic E-state index is 11.5. The van der Waals surface area contributed by atoms with Crippen molar-refractivity contribution in [2.24, 2.45) is 11.0 Å². The Morgan fingerprint density at radius 3 is 1.83 bits per heavy atom. The van der Waals surface area contributed by atoms with E-state index in [1.165, 1.54) is 25.3 Å². The minimum Gasteiger partial charge on any atom is -0.497 e. The molecular formula is C21H25ClN2O5S. The van der Waals surface area contributed by atoms with Crippen LogP contribution in [0.25, 0.3) is 0 Å². The standard InChI is InChI=1S/C14H15NO4S.C7H9NO.ClH/c1-18-12-7-8-14(20(15,16)17)13(9-12)19-10-11-5-3-2-4-6-11;8-9-6-7-4-2-1-3-5-7;/h2-9H,10H2,1H3,(H2,15,16,17);1-5H,6,8H2;1H. The van der Waals surface area contributed by atoms with Crippen molar-refractivity contribution >= 4 is 22.4 Å². The summed E-state index contributed by atoms with van der Waals surface area (Å²) in [5.74, 6) is 5.54. The van der Waals surface area contributed by atoms with Crippen molar-refractivity contribution in [3.63, 3.8) is 0 Å². The maximum Gasteiger partial charge on any atom is 0.241 e. The Morgan fingerprint density at radius 1 is 0.833 bits per heavy atom. The Hall–Kier alpha value is -2.62. The summed E-state index contributed by atoms with van der Waals surface area (Å²) in [6.45, 7) is 0.733. The van der Waals surface area contributed by atoms with Crippen molar-refractivity contribution in [1.29, 1.82) is 0 Å². The molecule has 0 fully saturated rings. The highest BCUT2D eigenvalue weighted by Gasteiger charge is 2.16. The van der Waals surface area contributed by atoms with Gasteiger partial charge in [-0.15, -0.1) is 12.4 Å². The number of nitrogens with two attached hydrogens (primary N) is 2. The Balaban J connectivity index is 0.000000379. The third kappa shape index (κ3) is 8.40. The number of halogens is 1. The van der Waals surface area contributed by atoms with Crippen LogP contribution in [0.4, 0.5) is 0 Å². The summed E-state index contributed by atoms with van der Waals surface area (Å²) in [6, 6.07) is 23.6. The van der Waals surface area contributed by atoms with Crippen LogP contribution >= 0.6 is 12.4 Å². The minimum absolute atomic E-state index is 0. The van der Waals surface area contributed by atoms with E-state index in [0.717, 1.165) is 11.1 Å². The van der Waals surface area contributed by atoms with Crippen molar-refractivity contribution in [1.82, 2.24) is 0 Å². The second kappa shape index (κ2) is 12.8. The van der Waals surface area contributed by atoms with Crippen LogP contribution in [0.5, 0.6) is 11.5 Å². The summed E-state index contributed by atoms with van der Waals surface area (Å²) < 4.78 is 33.7. The monoisotopic (exact) mass is 452 g/mol. The average molecular weight is 453 g/mol. The van der Waals surface area contributed by atoms with Gasteiger partial charge >= 0.3 is 0 Å². The minimum atomic E-state index is -3.84. The Kier molecular flexibility index (Phi) is 10.9. The van der Waals surface area contributed by atoms with E-state index in [1.807, 2.05) is 60.7 Å². The van der Waals surface area contributed by atoms with Crippen LogP contribution in [0.2, 0.25) is 0 Å². The molecule has 0 aliphatic carbocycles. The van der Waals surface area contributed by atoms with Gasteiger partial charge in [-0.25, -0.2) is 19.5 Å². The van der Waals surface area contributed by atoms with E-state index in [9.17, 15) is 8.42 Å². The molecule has 3 rings (SSSR count). The second-order valence-electron chi connectivity index (χ2n) is 5.93. The highest BCUT2D eigenvalue weighted by Crippen LogP contribution is 2.28. The van der Waals surface area contributed by atoms with Crippen LogP contribution in [0.3, 0.4) is 0 Å². The van der Waals surface area contributed by atoms with Gasteiger partial charge in [-0.2, -0.15) is 0 Å². The molecule has 162 valence electrons. The second-order valence-corrected chi connectivity index (χ2v) is 7.46. The van der Waals surface area contributed by atoms with Gasteiger partial charge in [-0.1, -0.05) is 60.7 Å². The van der Waals surface area contributed by atoms with Crippen LogP contribution in [-0.2, 0) is 28.1 Å². The number of hydrogen-bond donors (Lipinski definition) is 2. The quantitative estimate of drug-likeness (QED) is 0.531. The van der Waals surface area contributed by atoms with E-state index < -0.39 is 10.0 Å². The zero-order valence-electron chi connectivity index (χ0n) is 16.4. The average Bonchev–Trinajstić information content (AvgIpc) is 2.73. The normalized spacial score (nSPS) is 10.2. The van der Waals surface area contributed by atoms with E-state index in [1.54, 1.807) is 0 Å². The fraction of sp³-hybridized carbons (Fsp3) is 0.143. The first-order valence-electron chi connectivity index (χ1n) is 8.67. The molecule has 0 saturated carbocycles. The van der Waals surface area contributed by atoms with Crippen molar-refractivity contribution < 1.29 is 22.7 Å². The number of sulfonamides is 1. The van der Waals surface area contributed by atoms with Gasteiger partial charge in [0.15, 0.2) is 0 Å². The van der Waals surface area contributed by atoms with Gasteiger partial charge in [0, 0.05) is 6.07 Å². The molecule has 0 aliphatic heterocycles. The fourth-order valence-electron chi connectivity index (χ4n) is 2.37. The first-order valence-corrected chi connectivity index (χ1v) is 10.2. The van der Waals surface area contributed by atoms with Gasteiger partial charge in [-0.05, 0) is 23.3 Å². The van der Waals surface area contributed by atoms with Crippen molar-refractivity contribution in [2.45, 2.75) is 18.1 Å². The van der Waals surface area contributed by atoms with E-state index in [-0.39, 0.29) is 29.7 Å². The lowest BCUT2D eigenvalue weighted by Crippen LogP contribution is -2.14. The molecule has 0 radical (unpaired) electrons. The van der Waals surface area contributed by atoms with Gasteiger partial charge in [-0.3, -0.25) is 4.84 Å². The molecule has 3 aromatic rings. The molecule has 9 heteroatoms. The molecule has 7 nitrogen and oxygen atoms in total. The molecule has 30 heavy (non-hydrogen) atoms. The Morgan fingerprint density at radius 2 is 1.37 bits per heavy atom. The molecule has 0 spiro atoms. The lowest BCUT2D eigenvalue weighted by molar-refractivity contribution is 0.124. The number of primary sulfonamides is 1. The number of methoxy groups -OCH3 is 1. The molecular weight excluding hydrogens is 428 g/mol. The van der Waals surface area contributed by atoms with E-state index in [4.69, 9.17) is 20.5 Å². The molecule has 0 atom stereocenters. The highest BCUT2D eigenvalue weighted by atomic mass is 35.5. The SMILES string of the molecule is COc1ccc(S(N)(=O)=O)c(OCc2ccccc2)c1.Cl.NOCc1ccccc1. The summed E-state index contributed by atoms with van der Waals surface area (Å²) in [5, 5.41) is 5.17. The van der Waals surface area contributed by atoms with Crippen molar-refractivity contribution in [3.05, 3.63) is 90.0 Å². The van der Waals surface area contributed by atoms with Gasteiger partial charge in [0.05, 0.1) is 13.7 Å². The summed E-state index contributed by atoms with van der Waals surface area (Å²) in [6.07, 6.45) is 0. The Labute approximate surface area is 183 Å². The molecule has 0 aromatic heterocycles. The zero-order chi connectivity index (χ0) is 21.1. The largest absolute Gasteiger partial charge is 0.497 e. The van der Waals surface area contributed by atoms with E-state index in [0.29, 0.717) is 12.4 Å². The van der Waals surface area contributed by atoms with Gasteiger partial charge in [0.25, 0.3) is 0 Å². The number of ether oxygens (including phenoxy) is 2. The maximum absolute atomic E-state index is 11.5. The van der Waals surface area contributed by atoms with Gasteiger partial charge in [0.1, 0.15) is 23.0 Å². The van der Waals surface area contributed by atoms with E-state index in [2.05, 4.69) is 4.84 Å². The zero-order valence-corrected chi connectivity index (χ0v) is 18.1.